The molecule has 0 saturated carbocycles. The van der Waals surface area contributed by atoms with Crippen LogP contribution in [-0.4, -0.2) is 36.1 Å². The summed E-state index contributed by atoms with van der Waals surface area (Å²) in [7, 11) is 0. The smallest absolute Gasteiger partial charge is 0.156 e. The van der Waals surface area contributed by atoms with Crippen LogP contribution >= 0.6 is 12.2 Å². The van der Waals surface area contributed by atoms with Crippen LogP contribution < -0.4 is 0 Å². The van der Waals surface area contributed by atoms with Crippen molar-refractivity contribution in [3.63, 3.8) is 0 Å². The minimum Gasteiger partial charge on any atom is -0.502 e. The van der Waals surface area contributed by atoms with Gasteiger partial charge in [-0.3, -0.25) is 0 Å². The van der Waals surface area contributed by atoms with Gasteiger partial charge in [-0.2, -0.15) is 0 Å². The Morgan fingerprint density at radius 2 is 1.55 bits per heavy atom. The molecule has 132 valence electrons. The number of thiocarbonyl (C=S) groups is 1. The van der Waals surface area contributed by atoms with Crippen molar-refractivity contribution in [1.82, 2.24) is 0 Å². The molecule has 0 aromatic rings. The average Bonchev–Trinajstić information content (AvgIpc) is 2.49. The molecule has 0 heterocycles. The molecule has 0 amide bonds. The van der Waals surface area contributed by atoms with Crippen LogP contribution in [0.5, 0.6) is 0 Å². The summed E-state index contributed by atoms with van der Waals surface area (Å²) in [5.41, 5.74) is 0. The third kappa shape index (κ3) is 16.2. The molecule has 1 unspecified atom stereocenters. The van der Waals surface area contributed by atoms with Crippen molar-refractivity contribution in [3.8, 4) is 0 Å². The lowest BCUT2D eigenvalue weighted by molar-refractivity contribution is -0.00126. The van der Waals surface area contributed by atoms with E-state index in [0.717, 1.165) is 25.9 Å². The van der Waals surface area contributed by atoms with Gasteiger partial charge >= 0.3 is 0 Å². The molecule has 1 atom stereocenters. The maximum atomic E-state index is 9.10. The van der Waals surface area contributed by atoms with Crippen molar-refractivity contribution in [2.45, 2.75) is 90.6 Å². The van der Waals surface area contributed by atoms with Gasteiger partial charge in [-0.05, 0) is 38.4 Å². The number of hydrogen-bond acceptors (Lipinski definition) is 3. The molecule has 0 aromatic heterocycles. The van der Waals surface area contributed by atoms with Crippen molar-refractivity contribution in [2.24, 2.45) is 0 Å². The summed E-state index contributed by atoms with van der Waals surface area (Å²) >= 11 is 4.72. The number of aliphatic hydroxyl groups excluding tert-OH is 1. The molecule has 4 heteroatoms. The van der Waals surface area contributed by atoms with Crippen molar-refractivity contribution in [1.29, 1.82) is 0 Å². The maximum Gasteiger partial charge on any atom is 0.156 e. The van der Waals surface area contributed by atoms with Crippen LogP contribution in [0.25, 0.3) is 0 Å². The summed E-state index contributed by atoms with van der Waals surface area (Å²) in [5.74, 6) is 0. The van der Waals surface area contributed by atoms with Crippen LogP contribution in [0.15, 0.2) is 0 Å². The van der Waals surface area contributed by atoms with Gasteiger partial charge in [0.05, 0.1) is 19.3 Å². The molecular formula is C18H36O3S. The summed E-state index contributed by atoms with van der Waals surface area (Å²) in [6, 6.07) is 0. The second-order valence-corrected chi connectivity index (χ2v) is 6.36. The van der Waals surface area contributed by atoms with Crippen LogP contribution in [0.3, 0.4) is 0 Å². The summed E-state index contributed by atoms with van der Waals surface area (Å²) in [5, 5.41) is 9.21. The van der Waals surface area contributed by atoms with E-state index in [4.69, 9.17) is 26.8 Å². The second kappa shape index (κ2) is 17.2. The minimum atomic E-state index is 0.115. The lowest BCUT2D eigenvalue weighted by Crippen LogP contribution is -2.17. The fourth-order valence-electron chi connectivity index (χ4n) is 2.54. The first kappa shape index (κ1) is 21.8. The van der Waals surface area contributed by atoms with Gasteiger partial charge in [0.1, 0.15) is 0 Å². The quantitative estimate of drug-likeness (QED) is 0.278. The molecule has 0 aromatic carbocycles. The van der Waals surface area contributed by atoms with Gasteiger partial charge in [0.15, 0.2) is 5.05 Å². The normalized spacial score (nSPS) is 12.5. The fourth-order valence-corrected chi connectivity index (χ4v) is 2.68. The highest BCUT2D eigenvalue weighted by atomic mass is 32.1. The van der Waals surface area contributed by atoms with Gasteiger partial charge in [-0.15, -0.1) is 0 Å². The van der Waals surface area contributed by atoms with Crippen LogP contribution in [0.2, 0.25) is 0 Å². The molecule has 0 radical (unpaired) electrons. The van der Waals surface area contributed by atoms with Crippen LogP contribution in [0.1, 0.15) is 84.5 Å². The van der Waals surface area contributed by atoms with Gasteiger partial charge in [-0.25, -0.2) is 0 Å². The highest BCUT2D eigenvalue weighted by Gasteiger charge is 2.09. The van der Waals surface area contributed by atoms with Crippen LogP contribution in [-0.2, 0) is 9.47 Å². The van der Waals surface area contributed by atoms with Crippen molar-refractivity contribution >= 4 is 17.3 Å². The first-order valence-corrected chi connectivity index (χ1v) is 9.52. The molecule has 0 saturated heterocycles. The molecule has 0 spiro atoms. The molecule has 0 rings (SSSR count). The lowest BCUT2D eigenvalue weighted by atomic mass is 10.0. The van der Waals surface area contributed by atoms with E-state index >= 15 is 0 Å². The maximum absolute atomic E-state index is 9.10. The number of ether oxygens (including phenoxy) is 2. The first-order valence-electron chi connectivity index (χ1n) is 9.11. The SMILES string of the molecule is CCCCCCCCCC(CCCC(O)=S)OCCOCC. The van der Waals surface area contributed by atoms with E-state index < -0.39 is 0 Å². The van der Waals surface area contributed by atoms with Crippen molar-refractivity contribution in [3.05, 3.63) is 0 Å². The fraction of sp³-hybridized carbons (Fsp3) is 0.944. The monoisotopic (exact) mass is 332 g/mol. The van der Waals surface area contributed by atoms with E-state index in [2.05, 4.69) is 6.92 Å². The third-order valence-corrected chi connectivity index (χ3v) is 4.04. The van der Waals surface area contributed by atoms with E-state index in [1.54, 1.807) is 0 Å². The van der Waals surface area contributed by atoms with Gasteiger partial charge in [0.25, 0.3) is 0 Å². The van der Waals surface area contributed by atoms with Gasteiger partial charge < -0.3 is 14.6 Å². The Morgan fingerprint density at radius 3 is 2.18 bits per heavy atom. The Bertz CT molecular complexity index is 246. The third-order valence-electron chi connectivity index (χ3n) is 3.83. The van der Waals surface area contributed by atoms with Gasteiger partial charge in [0, 0.05) is 13.0 Å². The first-order chi connectivity index (χ1) is 10.7. The summed E-state index contributed by atoms with van der Waals surface area (Å²) in [6.45, 7) is 6.33. The zero-order valence-corrected chi connectivity index (χ0v) is 15.5. The van der Waals surface area contributed by atoms with E-state index in [-0.39, 0.29) is 11.2 Å². The molecule has 1 N–H and O–H groups in total. The highest BCUT2D eigenvalue weighted by molar-refractivity contribution is 7.80. The van der Waals surface area contributed by atoms with E-state index in [1.165, 1.54) is 44.9 Å². The summed E-state index contributed by atoms with van der Waals surface area (Å²) in [6.07, 6.45) is 13.2. The van der Waals surface area contributed by atoms with E-state index in [1.807, 2.05) is 6.92 Å². The second-order valence-electron chi connectivity index (χ2n) is 5.89. The van der Waals surface area contributed by atoms with Gasteiger partial charge in [-0.1, -0.05) is 51.9 Å². The predicted molar refractivity (Wildman–Crippen MR) is 97.9 cm³/mol. The molecule has 3 nitrogen and oxygen atoms in total. The molecule has 0 bridgehead atoms. The topological polar surface area (TPSA) is 38.7 Å². The molecule has 0 aliphatic heterocycles. The highest BCUT2D eigenvalue weighted by Crippen LogP contribution is 2.15. The molecule has 0 aliphatic rings. The Morgan fingerprint density at radius 1 is 0.909 bits per heavy atom. The zero-order valence-electron chi connectivity index (χ0n) is 14.6. The van der Waals surface area contributed by atoms with Crippen molar-refractivity contribution in [2.75, 3.05) is 19.8 Å². The molecular weight excluding hydrogens is 296 g/mol. The van der Waals surface area contributed by atoms with E-state index in [0.29, 0.717) is 19.6 Å². The Hall–Kier alpha value is -0.190. The Balaban J connectivity index is 3.72. The van der Waals surface area contributed by atoms with Crippen LogP contribution in [0.4, 0.5) is 0 Å². The lowest BCUT2D eigenvalue weighted by Gasteiger charge is -2.18. The molecule has 22 heavy (non-hydrogen) atoms. The summed E-state index contributed by atoms with van der Waals surface area (Å²) < 4.78 is 11.2. The zero-order chi connectivity index (χ0) is 16.5. The van der Waals surface area contributed by atoms with Gasteiger partial charge in [0.2, 0.25) is 0 Å². The molecule has 0 fully saturated rings. The number of aliphatic hydroxyl groups is 1. The predicted octanol–water partition coefficient (Wildman–Crippen LogP) is 5.60. The number of hydrogen-bond donors (Lipinski definition) is 1. The largest absolute Gasteiger partial charge is 0.502 e. The average molecular weight is 333 g/mol. The molecule has 0 aliphatic carbocycles. The van der Waals surface area contributed by atoms with Crippen molar-refractivity contribution < 1.29 is 14.6 Å². The standard InChI is InChI=1S/C18H36O3S/c1-3-5-6-7-8-9-10-12-17(13-11-14-18(19)22)21-16-15-20-4-2/h17H,3-16H2,1-2H3,(H,19,22). The van der Waals surface area contributed by atoms with E-state index in [9.17, 15) is 0 Å². The minimum absolute atomic E-state index is 0.115. The number of rotatable bonds is 17. The number of unbranched alkanes of at least 4 members (excludes halogenated alkanes) is 6. The van der Waals surface area contributed by atoms with Crippen LogP contribution in [0, 0.1) is 0 Å². The summed E-state index contributed by atoms with van der Waals surface area (Å²) in [4.78, 5) is 0. The Labute approximate surface area is 142 Å². The Kier molecular flexibility index (Phi) is 17.0.